The van der Waals surface area contributed by atoms with E-state index in [0.717, 1.165) is 38.5 Å². The van der Waals surface area contributed by atoms with Crippen LogP contribution < -0.4 is 0 Å². The van der Waals surface area contributed by atoms with Gasteiger partial charge in [-0.25, -0.2) is 0 Å². The zero-order valence-corrected chi connectivity index (χ0v) is 14.7. The predicted octanol–water partition coefficient (Wildman–Crippen LogP) is 4.63. The fraction of sp³-hybridized carbons (Fsp3) is 0.882. The number of fused-ring (bicyclic) bond motifs is 3. The molecule has 0 spiro atoms. The quantitative estimate of drug-likeness (QED) is 0.590. The molecule has 4 nitrogen and oxygen atoms in total. The van der Waals surface area contributed by atoms with Gasteiger partial charge in [0.2, 0.25) is 0 Å². The Hall–Kier alpha value is -0.150. The summed E-state index contributed by atoms with van der Waals surface area (Å²) in [6.07, 6.45) is 8.47. The van der Waals surface area contributed by atoms with Crippen molar-refractivity contribution in [3.05, 3.63) is 11.1 Å². The van der Waals surface area contributed by atoms with Crippen LogP contribution in [0.25, 0.3) is 0 Å². The number of hydrogen-bond donors (Lipinski definition) is 1. The summed E-state index contributed by atoms with van der Waals surface area (Å²) < 4.78 is 24.6. The molecule has 3 aliphatic carbocycles. The van der Waals surface area contributed by atoms with Gasteiger partial charge in [0.05, 0.1) is 13.2 Å². The van der Waals surface area contributed by atoms with Crippen molar-refractivity contribution in [2.75, 3.05) is 13.2 Å². The van der Waals surface area contributed by atoms with Gasteiger partial charge in [-0.1, -0.05) is 17.6 Å². The third-order valence-corrected chi connectivity index (χ3v) is 8.49. The SMILES string of the molecule is CCOP(=O)(OCC)[C@@]1(O)[C@H]2CCC[C@@H]1C1=C(CCCC1)C2. The van der Waals surface area contributed by atoms with Crippen LogP contribution in [-0.2, 0) is 13.6 Å². The number of rotatable bonds is 5. The van der Waals surface area contributed by atoms with Gasteiger partial charge in [0, 0.05) is 11.8 Å². The maximum absolute atomic E-state index is 13.5. The van der Waals surface area contributed by atoms with Crippen LogP contribution in [0, 0.1) is 11.8 Å². The molecule has 0 unspecified atom stereocenters. The molecule has 1 N–H and O–H groups in total. The lowest BCUT2D eigenvalue weighted by molar-refractivity contribution is -0.0492. The highest BCUT2D eigenvalue weighted by atomic mass is 31.2. The highest BCUT2D eigenvalue weighted by Crippen LogP contribution is 2.71. The van der Waals surface area contributed by atoms with Crippen molar-refractivity contribution in [1.29, 1.82) is 0 Å². The highest BCUT2D eigenvalue weighted by molar-refractivity contribution is 7.55. The summed E-state index contributed by atoms with van der Waals surface area (Å²) in [5.41, 5.74) is 2.91. The molecule has 3 atom stereocenters. The number of aliphatic hydroxyl groups is 1. The molecular formula is C17H29O4P. The van der Waals surface area contributed by atoms with E-state index in [-0.39, 0.29) is 11.8 Å². The summed E-state index contributed by atoms with van der Waals surface area (Å²) in [5, 5.41) is 10.3. The van der Waals surface area contributed by atoms with Crippen molar-refractivity contribution in [2.45, 2.75) is 70.6 Å². The maximum atomic E-state index is 13.5. The Balaban J connectivity index is 2.04. The van der Waals surface area contributed by atoms with Crippen molar-refractivity contribution >= 4 is 7.60 Å². The second-order valence-electron chi connectivity index (χ2n) is 6.84. The smallest absolute Gasteiger partial charge is 0.362 e. The Labute approximate surface area is 133 Å². The minimum Gasteiger partial charge on any atom is -0.377 e. The first-order valence-electron chi connectivity index (χ1n) is 8.89. The van der Waals surface area contributed by atoms with Crippen LogP contribution >= 0.6 is 7.60 Å². The summed E-state index contributed by atoms with van der Waals surface area (Å²) >= 11 is 0. The first-order valence-corrected chi connectivity index (χ1v) is 10.4. The molecule has 0 heterocycles. The summed E-state index contributed by atoms with van der Waals surface area (Å²) in [7, 11) is -3.53. The maximum Gasteiger partial charge on any atom is 0.362 e. The van der Waals surface area contributed by atoms with E-state index < -0.39 is 12.9 Å². The zero-order chi connectivity index (χ0) is 15.8. The van der Waals surface area contributed by atoms with Crippen LogP contribution in [0.15, 0.2) is 11.1 Å². The van der Waals surface area contributed by atoms with E-state index in [9.17, 15) is 9.67 Å². The molecule has 1 fully saturated rings. The monoisotopic (exact) mass is 328 g/mol. The van der Waals surface area contributed by atoms with Crippen LogP contribution in [0.2, 0.25) is 0 Å². The molecular weight excluding hydrogens is 299 g/mol. The van der Waals surface area contributed by atoms with Gasteiger partial charge >= 0.3 is 7.60 Å². The van der Waals surface area contributed by atoms with Crippen LogP contribution in [0.3, 0.4) is 0 Å². The fourth-order valence-corrected chi connectivity index (χ4v) is 7.40. The van der Waals surface area contributed by atoms with E-state index in [2.05, 4.69) is 0 Å². The third kappa shape index (κ3) is 2.43. The van der Waals surface area contributed by atoms with E-state index >= 15 is 0 Å². The average molecular weight is 328 g/mol. The first kappa shape index (κ1) is 16.7. The van der Waals surface area contributed by atoms with Gasteiger partial charge in [0.25, 0.3) is 0 Å². The normalized spacial score (nSPS) is 35.4. The molecule has 0 aliphatic heterocycles. The first-order chi connectivity index (χ1) is 10.6. The summed E-state index contributed by atoms with van der Waals surface area (Å²) in [4.78, 5) is 0. The predicted molar refractivity (Wildman–Crippen MR) is 86.8 cm³/mol. The molecule has 0 aromatic rings. The van der Waals surface area contributed by atoms with Crippen molar-refractivity contribution < 1.29 is 18.7 Å². The molecule has 3 rings (SSSR count). The molecule has 0 aromatic carbocycles. The van der Waals surface area contributed by atoms with E-state index in [1.54, 1.807) is 0 Å². The largest absolute Gasteiger partial charge is 0.377 e. The van der Waals surface area contributed by atoms with Crippen molar-refractivity contribution in [1.82, 2.24) is 0 Å². The van der Waals surface area contributed by atoms with E-state index in [0.29, 0.717) is 13.2 Å². The number of allylic oxidation sites excluding steroid dienone is 1. The Morgan fingerprint density at radius 1 is 1.14 bits per heavy atom. The molecule has 0 amide bonds. The molecule has 0 radical (unpaired) electrons. The Morgan fingerprint density at radius 3 is 2.50 bits per heavy atom. The van der Waals surface area contributed by atoms with E-state index in [1.165, 1.54) is 24.0 Å². The Kier molecular flexibility index (Phi) is 4.85. The minimum atomic E-state index is -3.53. The second kappa shape index (κ2) is 6.39. The molecule has 0 aromatic heterocycles. The van der Waals surface area contributed by atoms with Gasteiger partial charge in [-0.2, -0.15) is 0 Å². The van der Waals surface area contributed by atoms with Crippen molar-refractivity contribution in [3.8, 4) is 0 Å². The van der Waals surface area contributed by atoms with Gasteiger partial charge in [0.15, 0.2) is 5.34 Å². The Morgan fingerprint density at radius 2 is 1.82 bits per heavy atom. The van der Waals surface area contributed by atoms with Gasteiger partial charge in [-0.3, -0.25) is 4.57 Å². The van der Waals surface area contributed by atoms with Gasteiger partial charge < -0.3 is 14.2 Å². The standard InChI is InChI=1S/C17H29O4P/c1-3-20-22(19,21-4-2)17(18)14-9-7-11-16(17)15-10-6-5-8-13(15)12-14/h14,16,18H,3-12H2,1-2H3/t14-,16+,17-/m0/s1. The molecule has 5 heteroatoms. The minimum absolute atomic E-state index is 0.0204. The molecule has 126 valence electrons. The van der Waals surface area contributed by atoms with Gasteiger partial charge in [-0.05, 0) is 58.8 Å². The third-order valence-electron chi connectivity index (χ3n) is 5.74. The lowest BCUT2D eigenvalue weighted by atomic mass is 9.63. The van der Waals surface area contributed by atoms with E-state index in [4.69, 9.17) is 9.05 Å². The lowest BCUT2D eigenvalue weighted by Gasteiger charge is -2.53. The fourth-order valence-electron chi connectivity index (χ4n) is 4.90. The van der Waals surface area contributed by atoms with Crippen LogP contribution in [0.5, 0.6) is 0 Å². The number of hydrogen-bond acceptors (Lipinski definition) is 4. The van der Waals surface area contributed by atoms with Crippen LogP contribution in [0.4, 0.5) is 0 Å². The van der Waals surface area contributed by atoms with Crippen molar-refractivity contribution in [2.24, 2.45) is 11.8 Å². The molecule has 2 bridgehead atoms. The topological polar surface area (TPSA) is 55.8 Å². The van der Waals surface area contributed by atoms with Crippen LogP contribution in [-0.4, -0.2) is 23.7 Å². The highest BCUT2D eigenvalue weighted by Gasteiger charge is 2.63. The van der Waals surface area contributed by atoms with Crippen molar-refractivity contribution in [3.63, 3.8) is 0 Å². The molecule has 22 heavy (non-hydrogen) atoms. The zero-order valence-electron chi connectivity index (χ0n) is 13.8. The van der Waals surface area contributed by atoms with Gasteiger partial charge in [-0.15, -0.1) is 0 Å². The van der Waals surface area contributed by atoms with Crippen LogP contribution in [0.1, 0.15) is 65.2 Å². The summed E-state index contributed by atoms with van der Waals surface area (Å²) in [6, 6.07) is 0. The lowest BCUT2D eigenvalue weighted by Crippen LogP contribution is -2.52. The summed E-state index contributed by atoms with van der Waals surface area (Å²) in [6.45, 7) is 4.26. The Bertz CT molecular complexity index is 491. The molecule has 3 aliphatic rings. The van der Waals surface area contributed by atoms with Gasteiger partial charge in [0.1, 0.15) is 0 Å². The average Bonchev–Trinajstić information content (AvgIpc) is 2.48. The second-order valence-corrected chi connectivity index (χ2v) is 9.06. The van der Waals surface area contributed by atoms with E-state index in [1.807, 2.05) is 13.8 Å². The summed E-state index contributed by atoms with van der Waals surface area (Å²) in [5.74, 6) is -0.00809. The molecule has 1 saturated carbocycles. The molecule has 0 saturated heterocycles.